The first-order valence-corrected chi connectivity index (χ1v) is 9.00. The Morgan fingerprint density at radius 3 is 2.44 bits per heavy atom. The molecule has 3 heterocycles. The Hall–Kier alpha value is -1.81. The number of carbonyl (C=O) groups excluding carboxylic acids is 3. The number of ketones is 1. The Labute approximate surface area is 156 Å². The van der Waals surface area contributed by atoms with Gasteiger partial charge in [0.1, 0.15) is 23.4 Å². The summed E-state index contributed by atoms with van der Waals surface area (Å²) in [6.45, 7) is 4.59. The summed E-state index contributed by atoms with van der Waals surface area (Å²) in [4.78, 5) is 40.8. The lowest BCUT2D eigenvalue weighted by Crippen LogP contribution is -2.60. The van der Waals surface area contributed by atoms with Crippen LogP contribution in [-0.4, -0.2) is 91.9 Å². The molecule has 9 heteroatoms. The lowest BCUT2D eigenvalue weighted by molar-refractivity contribution is -0.157. The first kappa shape index (κ1) is 18.5. The monoisotopic (exact) mass is 380 g/mol. The summed E-state index contributed by atoms with van der Waals surface area (Å²) in [6, 6.07) is -2.10. The molecular weight excluding hydrogens is 356 g/mol. The van der Waals surface area contributed by atoms with Crippen LogP contribution in [0.15, 0.2) is 11.8 Å². The average Bonchev–Trinajstić information content (AvgIpc) is 3.08. The van der Waals surface area contributed by atoms with Crippen LogP contribution in [0.4, 0.5) is 0 Å². The van der Waals surface area contributed by atoms with Crippen molar-refractivity contribution in [3.05, 3.63) is 11.8 Å². The lowest BCUT2D eigenvalue weighted by atomic mass is 9.77. The van der Waals surface area contributed by atoms with Gasteiger partial charge in [0.2, 0.25) is 0 Å². The van der Waals surface area contributed by atoms with Crippen LogP contribution in [0.25, 0.3) is 0 Å². The Balaban J connectivity index is 1.81. The Morgan fingerprint density at radius 1 is 1.30 bits per heavy atom. The number of hydrogen-bond donors (Lipinski definition) is 3. The third-order valence-corrected chi connectivity index (χ3v) is 6.92. The molecule has 2 amide bonds. The zero-order chi connectivity index (χ0) is 20.1. The molecule has 3 N–H and O–H groups in total. The van der Waals surface area contributed by atoms with E-state index in [9.17, 15) is 29.7 Å². The van der Waals surface area contributed by atoms with Crippen molar-refractivity contribution in [2.75, 3.05) is 13.7 Å². The van der Waals surface area contributed by atoms with Gasteiger partial charge >= 0.3 is 0 Å². The van der Waals surface area contributed by atoms with Gasteiger partial charge < -0.3 is 25.0 Å². The molecule has 4 aliphatic rings. The molecule has 9 nitrogen and oxygen atoms in total. The smallest absolute Gasteiger partial charge is 0.270 e. The highest BCUT2D eigenvalue weighted by Crippen LogP contribution is 2.56. The zero-order valence-electron chi connectivity index (χ0n) is 15.7. The van der Waals surface area contributed by atoms with E-state index >= 15 is 0 Å². The van der Waals surface area contributed by atoms with E-state index in [1.54, 1.807) is 20.8 Å². The second kappa shape index (κ2) is 5.16. The van der Waals surface area contributed by atoms with Crippen molar-refractivity contribution < 1.29 is 34.4 Å². The maximum atomic E-state index is 13.1. The standard InChI is InChI=1S/C18H24N2O7/c1-8-16(2,3)14(24)18(27-8)6-11-17(26,15(18)25)5-9-12(22)19(4)10(7-21)13(23)20(9)11/h5,8,10-11,15,21,25-26H,6-7H2,1-4H3. The fourth-order valence-electron chi connectivity index (χ4n) is 4.91. The van der Waals surface area contributed by atoms with Crippen LogP contribution in [-0.2, 0) is 19.1 Å². The highest BCUT2D eigenvalue weighted by Gasteiger charge is 2.75. The summed E-state index contributed by atoms with van der Waals surface area (Å²) in [6.07, 6.45) is -1.07. The SMILES string of the molecule is CC1OC2(CC3N4C(=O)C(CO)N(C)C(=O)C4=CC3(O)C2O)C(=O)C1(C)C. The molecule has 27 heavy (non-hydrogen) atoms. The summed E-state index contributed by atoms with van der Waals surface area (Å²) in [5.74, 6) is -1.43. The molecule has 0 aromatic heterocycles. The quantitative estimate of drug-likeness (QED) is 0.488. The molecule has 0 aromatic carbocycles. The number of rotatable bonds is 1. The second-order valence-electron chi connectivity index (χ2n) is 8.56. The molecule has 1 aliphatic carbocycles. The minimum Gasteiger partial charge on any atom is -0.394 e. The average molecular weight is 380 g/mol. The predicted octanol–water partition coefficient (Wildman–Crippen LogP) is -1.84. The van der Waals surface area contributed by atoms with Crippen LogP contribution in [0.2, 0.25) is 0 Å². The molecule has 0 bridgehead atoms. The van der Waals surface area contributed by atoms with Crippen LogP contribution in [0.3, 0.4) is 0 Å². The zero-order valence-corrected chi connectivity index (χ0v) is 15.7. The number of amides is 2. The molecule has 3 fully saturated rings. The molecule has 6 atom stereocenters. The molecule has 148 valence electrons. The number of hydrogen-bond acceptors (Lipinski definition) is 7. The first-order chi connectivity index (χ1) is 12.4. The van der Waals surface area contributed by atoms with Gasteiger partial charge in [-0.25, -0.2) is 0 Å². The van der Waals surface area contributed by atoms with Gasteiger partial charge in [0, 0.05) is 13.5 Å². The number of nitrogens with zero attached hydrogens (tertiary/aromatic N) is 2. The molecule has 6 unspecified atom stereocenters. The van der Waals surface area contributed by atoms with E-state index in [0.29, 0.717) is 0 Å². The summed E-state index contributed by atoms with van der Waals surface area (Å²) in [5, 5.41) is 31.7. The minimum atomic E-state index is -1.98. The molecule has 2 saturated heterocycles. The molecule has 4 rings (SSSR count). The maximum Gasteiger partial charge on any atom is 0.270 e. The number of aliphatic hydroxyl groups excluding tert-OH is 2. The summed E-state index contributed by atoms with van der Waals surface area (Å²) < 4.78 is 5.90. The van der Waals surface area contributed by atoms with Gasteiger partial charge in [0.25, 0.3) is 11.8 Å². The fourth-order valence-corrected chi connectivity index (χ4v) is 4.91. The van der Waals surface area contributed by atoms with Crippen LogP contribution >= 0.6 is 0 Å². The second-order valence-corrected chi connectivity index (χ2v) is 8.56. The van der Waals surface area contributed by atoms with Crippen molar-refractivity contribution >= 4 is 17.6 Å². The number of carbonyl (C=O) groups is 3. The highest BCUT2D eigenvalue weighted by atomic mass is 16.5. The number of piperazine rings is 1. The molecule has 0 aromatic rings. The Bertz CT molecular complexity index is 793. The largest absolute Gasteiger partial charge is 0.394 e. The topological polar surface area (TPSA) is 128 Å². The van der Waals surface area contributed by atoms with Crippen molar-refractivity contribution in [2.45, 2.75) is 62.7 Å². The Morgan fingerprint density at radius 2 is 1.93 bits per heavy atom. The molecular formula is C18H24N2O7. The van der Waals surface area contributed by atoms with Gasteiger partial charge in [-0.15, -0.1) is 0 Å². The van der Waals surface area contributed by atoms with Crippen molar-refractivity contribution in [1.82, 2.24) is 9.80 Å². The predicted molar refractivity (Wildman–Crippen MR) is 90.0 cm³/mol. The third-order valence-electron chi connectivity index (χ3n) is 6.92. The van der Waals surface area contributed by atoms with Gasteiger partial charge in [0.05, 0.1) is 24.2 Å². The van der Waals surface area contributed by atoms with Gasteiger partial charge in [0.15, 0.2) is 11.4 Å². The minimum absolute atomic E-state index is 0.0497. The maximum absolute atomic E-state index is 13.1. The third kappa shape index (κ3) is 1.90. The van der Waals surface area contributed by atoms with E-state index < -0.39 is 59.3 Å². The van der Waals surface area contributed by atoms with Gasteiger partial charge in [-0.1, -0.05) is 13.8 Å². The number of likely N-dealkylation sites (N-methyl/N-ethyl adjacent to an activating group) is 1. The first-order valence-electron chi connectivity index (χ1n) is 9.00. The van der Waals surface area contributed by atoms with Crippen molar-refractivity contribution in [3.8, 4) is 0 Å². The summed E-state index contributed by atoms with van der Waals surface area (Å²) >= 11 is 0. The van der Waals surface area contributed by atoms with Crippen molar-refractivity contribution in [3.63, 3.8) is 0 Å². The van der Waals surface area contributed by atoms with Crippen LogP contribution < -0.4 is 0 Å². The van der Waals surface area contributed by atoms with E-state index in [1.165, 1.54) is 7.05 Å². The molecule has 0 radical (unpaired) electrons. The highest BCUT2D eigenvalue weighted by molar-refractivity contribution is 6.06. The van der Waals surface area contributed by atoms with E-state index in [2.05, 4.69) is 0 Å². The fraction of sp³-hybridized carbons (Fsp3) is 0.722. The van der Waals surface area contributed by atoms with Gasteiger partial charge in [-0.3, -0.25) is 19.3 Å². The molecule has 1 saturated carbocycles. The summed E-state index contributed by atoms with van der Waals surface area (Å²) in [7, 11) is 1.39. The van der Waals surface area contributed by atoms with Crippen LogP contribution in [0, 0.1) is 5.41 Å². The summed E-state index contributed by atoms with van der Waals surface area (Å²) in [5.41, 5.74) is -4.54. The van der Waals surface area contributed by atoms with Crippen molar-refractivity contribution in [1.29, 1.82) is 0 Å². The number of fused-ring (bicyclic) bond motifs is 3. The lowest BCUT2D eigenvalue weighted by Gasteiger charge is -2.40. The normalized spacial score (nSPS) is 45.6. The Kier molecular flexibility index (Phi) is 3.55. The van der Waals surface area contributed by atoms with Crippen LogP contribution in [0.5, 0.6) is 0 Å². The molecule has 3 aliphatic heterocycles. The van der Waals surface area contributed by atoms with E-state index in [4.69, 9.17) is 4.74 Å². The number of ether oxygens (including phenoxy) is 1. The molecule has 1 spiro atoms. The van der Waals surface area contributed by atoms with E-state index in [1.807, 2.05) is 0 Å². The number of Topliss-reactive ketones (excluding diaryl/α,β-unsaturated/α-hetero) is 1. The van der Waals surface area contributed by atoms with Crippen LogP contribution in [0.1, 0.15) is 27.2 Å². The van der Waals surface area contributed by atoms with Gasteiger partial charge in [-0.2, -0.15) is 0 Å². The van der Waals surface area contributed by atoms with E-state index in [-0.39, 0.29) is 17.9 Å². The number of aliphatic hydroxyl groups is 3. The van der Waals surface area contributed by atoms with E-state index in [0.717, 1.165) is 15.9 Å². The van der Waals surface area contributed by atoms with Gasteiger partial charge in [-0.05, 0) is 13.0 Å². The van der Waals surface area contributed by atoms with Crippen molar-refractivity contribution in [2.24, 2.45) is 5.41 Å².